The van der Waals surface area contributed by atoms with Gasteiger partial charge in [-0.1, -0.05) is 25.0 Å². The number of carbonyl (C=O) groups is 2. The minimum Gasteiger partial charge on any atom is -0.497 e. The van der Waals surface area contributed by atoms with E-state index in [1.165, 1.54) is 12.8 Å². The third kappa shape index (κ3) is 4.48. The maximum absolute atomic E-state index is 12.4. The number of amides is 3. The van der Waals surface area contributed by atoms with E-state index < -0.39 is 0 Å². The topological polar surface area (TPSA) is 61.9 Å². The van der Waals surface area contributed by atoms with E-state index in [2.05, 4.69) is 10.2 Å². The summed E-state index contributed by atoms with van der Waals surface area (Å²) in [5.74, 6) is 1.27. The molecule has 142 valence electrons. The van der Waals surface area contributed by atoms with Crippen LogP contribution in [-0.4, -0.2) is 55.0 Å². The summed E-state index contributed by atoms with van der Waals surface area (Å²) in [7, 11) is 3.42. The Balaban J connectivity index is 1.46. The molecule has 6 nitrogen and oxygen atoms in total. The molecule has 1 N–H and O–H groups in total. The Labute approximate surface area is 155 Å². The molecule has 1 aromatic carbocycles. The van der Waals surface area contributed by atoms with Gasteiger partial charge in [-0.05, 0) is 30.5 Å². The zero-order valence-electron chi connectivity index (χ0n) is 15.7. The minimum atomic E-state index is -0.111. The predicted octanol–water partition coefficient (Wildman–Crippen LogP) is 2.63. The molecule has 0 unspecified atom stereocenters. The highest BCUT2D eigenvalue weighted by atomic mass is 16.5. The van der Waals surface area contributed by atoms with Crippen LogP contribution in [0, 0.1) is 5.92 Å². The van der Waals surface area contributed by atoms with E-state index in [9.17, 15) is 9.59 Å². The van der Waals surface area contributed by atoms with Crippen molar-refractivity contribution in [1.82, 2.24) is 15.1 Å². The Hall–Kier alpha value is -2.24. The fourth-order valence-electron chi connectivity index (χ4n) is 4.06. The summed E-state index contributed by atoms with van der Waals surface area (Å²) in [6.07, 6.45) is 5.28. The van der Waals surface area contributed by atoms with Crippen LogP contribution in [0.4, 0.5) is 4.79 Å². The summed E-state index contributed by atoms with van der Waals surface area (Å²) in [6, 6.07) is 7.98. The molecule has 0 spiro atoms. The van der Waals surface area contributed by atoms with Crippen LogP contribution in [-0.2, 0) is 11.3 Å². The zero-order valence-corrected chi connectivity index (χ0v) is 15.7. The van der Waals surface area contributed by atoms with Crippen molar-refractivity contribution in [1.29, 1.82) is 0 Å². The number of urea groups is 1. The molecule has 1 aromatic rings. The molecule has 0 bridgehead atoms. The lowest BCUT2D eigenvalue weighted by atomic mass is 10.1. The fraction of sp³-hybridized carbons (Fsp3) is 0.600. The number of hydrogen-bond donors (Lipinski definition) is 1. The van der Waals surface area contributed by atoms with Gasteiger partial charge in [0.1, 0.15) is 5.75 Å². The van der Waals surface area contributed by atoms with Crippen molar-refractivity contribution in [2.24, 2.45) is 5.92 Å². The third-order valence-corrected chi connectivity index (χ3v) is 5.46. The summed E-state index contributed by atoms with van der Waals surface area (Å²) in [6.45, 7) is 1.86. The fourth-order valence-corrected chi connectivity index (χ4v) is 4.06. The third-order valence-electron chi connectivity index (χ3n) is 5.46. The number of carbonyl (C=O) groups excluding carboxylic acids is 2. The summed E-state index contributed by atoms with van der Waals surface area (Å²) in [5.41, 5.74) is 0.995. The summed E-state index contributed by atoms with van der Waals surface area (Å²) >= 11 is 0. The molecule has 1 aliphatic heterocycles. The van der Waals surface area contributed by atoms with Gasteiger partial charge in [0.05, 0.1) is 7.11 Å². The van der Waals surface area contributed by atoms with Crippen molar-refractivity contribution in [3.8, 4) is 5.75 Å². The van der Waals surface area contributed by atoms with Crippen LogP contribution >= 0.6 is 0 Å². The number of rotatable bonds is 6. The zero-order chi connectivity index (χ0) is 18.5. The Morgan fingerprint density at radius 2 is 2.12 bits per heavy atom. The Morgan fingerprint density at radius 1 is 1.35 bits per heavy atom. The van der Waals surface area contributed by atoms with E-state index >= 15 is 0 Å². The Morgan fingerprint density at radius 3 is 2.85 bits per heavy atom. The normalized spacial score (nSPS) is 20.5. The molecule has 0 radical (unpaired) electrons. The summed E-state index contributed by atoms with van der Waals surface area (Å²) in [4.78, 5) is 28.4. The number of ether oxygens (including phenoxy) is 1. The Bertz CT molecular complexity index is 643. The van der Waals surface area contributed by atoms with Gasteiger partial charge >= 0.3 is 6.03 Å². The van der Waals surface area contributed by atoms with Crippen molar-refractivity contribution < 1.29 is 14.3 Å². The van der Waals surface area contributed by atoms with E-state index in [0.717, 1.165) is 30.7 Å². The number of benzene rings is 1. The lowest BCUT2D eigenvalue weighted by Crippen LogP contribution is -2.40. The predicted molar refractivity (Wildman–Crippen MR) is 99.9 cm³/mol. The van der Waals surface area contributed by atoms with Crippen LogP contribution in [0.3, 0.4) is 0 Å². The quantitative estimate of drug-likeness (QED) is 0.849. The van der Waals surface area contributed by atoms with Crippen LogP contribution in [0.25, 0.3) is 0 Å². The van der Waals surface area contributed by atoms with Crippen LogP contribution in [0.5, 0.6) is 5.75 Å². The van der Waals surface area contributed by atoms with Gasteiger partial charge in [-0.25, -0.2) is 4.79 Å². The van der Waals surface area contributed by atoms with E-state index in [0.29, 0.717) is 25.6 Å². The largest absolute Gasteiger partial charge is 0.497 e. The first-order valence-electron chi connectivity index (χ1n) is 9.48. The number of likely N-dealkylation sites (tertiary alicyclic amines) is 1. The first-order valence-corrected chi connectivity index (χ1v) is 9.48. The molecule has 1 aliphatic carbocycles. The van der Waals surface area contributed by atoms with Crippen molar-refractivity contribution in [3.63, 3.8) is 0 Å². The molecule has 1 heterocycles. The maximum Gasteiger partial charge on any atom is 0.317 e. The summed E-state index contributed by atoms with van der Waals surface area (Å²) < 4.78 is 5.20. The van der Waals surface area contributed by atoms with E-state index in [-0.39, 0.29) is 17.9 Å². The van der Waals surface area contributed by atoms with Crippen LogP contribution in [0.1, 0.15) is 37.7 Å². The smallest absolute Gasteiger partial charge is 0.317 e. The lowest BCUT2D eigenvalue weighted by Gasteiger charge is -2.25. The highest BCUT2D eigenvalue weighted by Gasteiger charge is 2.36. The lowest BCUT2D eigenvalue weighted by molar-refractivity contribution is -0.129. The molecule has 1 saturated carbocycles. The van der Waals surface area contributed by atoms with Gasteiger partial charge in [0.15, 0.2) is 0 Å². The van der Waals surface area contributed by atoms with Crippen LogP contribution in [0.2, 0.25) is 0 Å². The van der Waals surface area contributed by atoms with E-state index in [1.807, 2.05) is 24.3 Å². The van der Waals surface area contributed by atoms with Gasteiger partial charge in [-0.3, -0.25) is 4.79 Å². The molecular weight excluding hydrogens is 330 g/mol. The molecule has 2 aliphatic rings. The first kappa shape index (κ1) is 18.5. The summed E-state index contributed by atoms with van der Waals surface area (Å²) in [5, 5.41) is 2.93. The van der Waals surface area contributed by atoms with E-state index in [1.54, 1.807) is 19.1 Å². The Kier molecular flexibility index (Phi) is 6.01. The SMILES string of the molecule is COc1cccc(CNC(=O)N(C)C[C@@H]2CC(=O)N(C3CCCC3)C2)c1. The van der Waals surface area contributed by atoms with Gasteiger partial charge in [0, 0.05) is 45.1 Å². The molecule has 2 fully saturated rings. The average Bonchev–Trinajstić information content (AvgIpc) is 3.29. The van der Waals surface area contributed by atoms with Gasteiger partial charge in [-0.2, -0.15) is 0 Å². The number of nitrogens with zero attached hydrogens (tertiary/aromatic N) is 2. The van der Waals surface area contributed by atoms with Crippen molar-refractivity contribution >= 4 is 11.9 Å². The second-order valence-electron chi connectivity index (χ2n) is 7.45. The van der Waals surface area contributed by atoms with Crippen molar-refractivity contribution in [2.75, 3.05) is 27.2 Å². The highest BCUT2D eigenvalue weighted by Crippen LogP contribution is 2.29. The average molecular weight is 359 g/mol. The number of hydrogen-bond acceptors (Lipinski definition) is 3. The monoisotopic (exact) mass is 359 g/mol. The number of nitrogens with one attached hydrogen (secondary N) is 1. The van der Waals surface area contributed by atoms with Crippen molar-refractivity contribution in [3.05, 3.63) is 29.8 Å². The van der Waals surface area contributed by atoms with Gasteiger partial charge in [0.2, 0.25) is 5.91 Å². The van der Waals surface area contributed by atoms with Crippen LogP contribution in [0.15, 0.2) is 24.3 Å². The number of methoxy groups -OCH3 is 1. The molecule has 26 heavy (non-hydrogen) atoms. The molecular formula is C20H29N3O3. The molecule has 3 rings (SSSR count). The first-order chi connectivity index (χ1) is 12.6. The van der Waals surface area contributed by atoms with Gasteiger partial charge in [0.25, 0.3) is 0 Å². The highest BCUT2D eigenvalue weighted by molar-refractivity contribution is 5.79. The molecule has 1 atom stereocenters. The molecule has 6 heteroatoms. The van der Waals surface area contributed by atoms with Crippen molar-refractivity contribution in [2.45, 2.75) is 44.7 Å². The van der Waals surface area contributed by atoms with Gasteiger partial charge < -0.3 is 19.9 Å². The van der Waals surface area contributed by atoms with E-state index in [4.69, 9.17) is 4.74 Å². The van der Waals surface area contributed by atoms with Gasteiger partial charge in [-0.15, -0.1) is 0 Å². The maximum atomic E-state index is 12.4. The standard InChI is InChI=1S/C20H29N3O3/c1-22(20(25)21-12-15-6-5-9-18(10-15)26-2)13-16-11-19(24)23(14-16)17-7-3-4-8-17/h5-6,9-10,16-17H,3-4,7-8,11-14H2,1-2H3,(H,21,25)/t16-/m0/s1. The second kappa shape index (κ2) is 8.43. The molecule has 0 aromatic heterocycles. The second-order valence-corrected chi connectivity index (χ2v) is 7.45. The molecule has 1 saturated heterocycles. The molecule has 3 amide bonds. The van der Waals surface area contributed by atoms with Crippen LogP contribution < -0.4 is 10.1 Å². The minimum absolute atomic E-state index is 0.111.